The zero-order chi connectivity index (χ0) is 14.2. The Labute approximate surface area is 123 Å². The fraction of sp³-hybridized carbons (Fsp3) is 0.938. The second-order valence-electron chi connectivity index (χ2n) is 6.33. The van der Waals surface area contributed by atoms with E-state index in [0.29, 0.717) is 18.2 Å². The predicted molar refractivity (Wildman–Crippen MR) is 82.8 cm³/mol. The maximum absolute atomic E-state index is 12.4. The van der Waals surface area contributed by atoms with Gasteiger partial charge in [0.15, 0.2) is 0 Å². The minimum Gasteiger partial charge on any atom is -0.342 e. The molecule has 4 heteroatoms. The van der Waals surface area contributed by atoms with E-state index in [4.69, 9.17) is 0 Å². The zero-order valence-corrected chi connectivity index (χ0v) is 13.1. The molecule has 2 aliphatic heterocycles. The number of hydrogen-bond acceptors (Lipinski definition) is 3. The molecule has 4 nitrogen and oxygen atoms in total. The van der Waals surface area contributed by atoms with Gasteiger partial charge >= 0.3 is 0 Å². The van der Waals surface area contributed by atoms with Crippen LogP contribution in [0.3, 0.4) is 0 Å². The highest BCUT2D eigenvalue weighted by Crippen LogP contribution is 2.15. The summed E-state index contributed by atoms with van der Waals surface area (Å²) in [5.74, 6) is 1.08. The van der Waals surface area contributed by atoms with Crippen molar-refractivity contribution in [3.63, 3.8) is 0 Å². The van der Waals surface area contributed by atoms with Gasteiger partial charge in [-0.05, 0) is 64.2 Å². The van der Waals surface area contributed by atoms with Gasteiger partial charge in [-0.1, -0.05) is 6.92 Å². The first kappa shape index (κ1) is 15.8. The molecular weight excluding hydrogens is 250 g/mol. The lowest BCUT2D eigenvalue weighted by Crippen LogP contribution is -2.40. The van der Waals surface area contributed by atoms with Gasteiger partial charge in [0.05, 0.1) is 0 Å². The molecule has 2 saturated heterocycles. The zero-order valence-electron chi connectivity index (χ0n) is 13.1. The van der Waals surface area contributed by atoms with E-state index in [2.05, 4.69) is 22.0 Å². The fourth-order valence-electron chi connectivity index (χ4n) is 3.38. The molecule has 116 valence electrons. The molecule has 0 spiro atoms. The second-order valence-corrected chi connectivity index (χ2v) is 6.33. The topological polar surface area (TPSA) is 35.6 Å². The van der Waals surface area contributed by atoms with Crippen molar-refractivity contribution >= 4 is 5.91 Å². The van der Waals surface area contributed by atoms with Crippen LogP contribution in [0, 0.1) is 5.92 Å². The number of likely N-dealkylation sites (tertiary alicyclic amines) is 1. The van der Waals surface area contributed by atoms with Crippen LogP contribution in [0.1, 0.15) is 45.4 Å². The molecule has 0 atom stereocenters. The van der Waals surface area contributed by atoms with Gasteiger partial charge in [0.25, 0.3) is 0 Å². The number of nitrogens with one attached hydrogen (secondary N) is 1. The van der Waals surface area contributed by atoms with E-state index in [1.165, 1.54) is 38.8 Å². The van der Waals surface area contributed by atoms with Crippen molar-refractivity contribution in [1.82, 2.24) is 15.1 Å². The van der Waals surface area contributed by atoms with E-state index in [1.807, 2.05) is 0 Å². The minimum absolute atomic E-state index is 0.372. The maximum Gasteiger partial charge on any atom is 0.223 e. The average molecular weight is 281 g/mol. The van der Waals surface area contributed by atoms with Crippen molar-refractivity contribution in [2.45, 2.75) is 45.4 Å². The standard InChI is InChI=1S/C16H31N3O/c1-2-10-19(14-15-5-8-17-9-6-15)16(20)7-13-18-11-3-4-12-18/h15,17H,2-14H2,1H3. The van der Waals surface area contributed by atoms with Crippen molar-refractivity contribution in [2.75, 3.05) is 45.8 Å². The average Bonchev–Trinajstić information content (AvgIpc) is 2.99. The monoisotopic (exact) mass is 281 g/mol. The van der Waals surface area contributed by atoms with Crippen LogP contribution < -0.4 is 5.32 Å². The highest BCUT2D eigenvalue weighted by molar-refractivity contribution is 5.76. The van der Waals surface area contributed by atoms with E-state index < -0.39 is 0 Å². The van der Waals surface area contributed by atoms with E-state index >= 15 is 0 Å². The summed E-state index contributed by atoms with van der Waals surface area (Å²) >= 11 is 0. The lowest BCUT2D eigenvalue weighted by molar-refractivity contribution is -0.132. The third-order valence-corrected chi connectivity index (χ3v) is 4.62. The number of carbonyl (C=O) groups excluding carboxylic acids is 1. The van der Waals surface area contributed by atoms with Crippen molar-refractivity contribution in [3.05, 3.63) is 0 Å². The van der Waals surface area contributed by atoms with Crippen LogP contribution in [0.5, 0.6) is 0 Å². The molecule has 0 aromatic carbocycles. The van der Waals surface area contributed by atoms with Crippen molar-refractivity contribution in [1.29, 1.82) is 0 Å². The van der Waals surface area contributed by atoms with E-state index in [1.54, 1.807) is 0 Å². The highest BCUT2D eigenvalue weighted by atomic mass is 16.2. The van der Waals surface area contributed by atoms with E-state index in [9.17, 15) is 4.79 Å². The molecule has 0 aromatic heterocycles. The van der Waals surface area contributed by atoms with Crippen LogP contribution >= 0.6 is 0 Å². The third kappa shape index (κ3) is 5.06. The summed E-state index contributed by atoms with van der Waals surface area (Å²) < 4.78 is 0. The maximum atomic E-state index is 12.4. The molecular formula is C16H31N3O. The molecule has 0 saturated carbocycles. The molecule has 1 amide bonds. The van der Waals surface area contributed by atoms with Gasteiger partial charge < -0.3 is 15.1 Å². The molecule has 0 unspecified atom stereocenters. The first-order valence-electron chi connectivity index (χ1n) is 8.50. The van der Waals surface area contributed by atoms with E-state index in [0.717, 1.165) is 39.1 Å². The van der Waals surface area contributed by atoms with Crippen LogP contribution in [0.25, 0.3) is 0 Å². The Morgan fingerprint density at radius 1 is 1.25 bits per heavy atom. The Morgan fingerprint density at radius 3 is 2.60 bits per heavy atom. The summed E-state index contributed by atoms with van der Waals surface area (Å²) in [6, 6.07) is 0. The molecule has 0 aliphatic carbocycles. The summed E-state index contributed by atoms with van der Waals surface area (Å²) in [7, 11) is 0. The van der Waals surface area contributed by atoms with Crippen molar-refractivity contribution < 1.29 is 4.79 Å². The smallest absolute Gasteiger partial charge is 0.223 e. The summed E-state index contributed by atoms with van der Waals surface area (Å²) in [6.45, 7) is 9.66. The summed E-state index contributed by atoms with van der Waals surface area (Å²) in [6.07, 6.45) is 6.84. The Morgan fingerprint density at radius 2 is 1.95 bits per heavy atom. The lowest BCUT2D eigenvalue weighted by Gasteiger charge is -2.30. The van der Waals surface area contributed by atoms with Gasteiger partial charge in [0.2, 0.25) is 5.91 Å². The van der Waals surface area contributed by atoms with Crippen LogP contribution in [0.15, 0.2) is 0 Å². The quantitative estimate of drug-likeness (QED) is 0.772. The first-order chi connectivity index (χ1) is 9.79. The van der Waals surface area contributed by atoms with E-state index in [-0.39, 0.29) is 0 Å². The molecule has 0 radical (unpaired) electrons. The van der Waals surface area contributed by atoms with Crippen molar-refractivity contribution in [3.8, 4) is 0 Å². The minimum atomic E-state index is 0.372. The van der Waals surface area contributed by atoms with Gasteiger partial charge in [0, 0.05) is 26.1 Å². The molecule has 2 rings (SSSR count). The van der Waals surface area contributed by atoms with Crippen molar-refractivity contribution in [2.24, 2.45) is 5.92 Å². The van der Waals surface area contributed by atoms with Crippen LogP contribution in [-0.4, -0.2) is 61.5 Å². The lowest BCUT2D eigenvalue weighted by atomic mass is 9.97. The highest BCUT2D eigenvalue weighted by Gasteiger charge is 2.21. The van der Waals surface area contributed by atoms with Gasteiger partial charge in [-0.3, -0.25) is 4.79 Å². The van der Waals surface area contributed by atoms with Crippen LogP contribution in [0.4, 0.5) is 0 Å². The summed E-state index contributed by atoms with van der Waals surface area (Å²) in [5, 5.41) is 3.40. The molecule has 20 heavy (non-hydrogen) atoms. The third-order valence-electron chi connectivity index (χ3n) is 4.62. The van der Waals surface area contributed by atoms with Gasteiger partial charge in [-0.2, -0.15) is 0 Å². The Bertz CT molecular complexity index is 283. The molecule has 1 N–H and O–H groups in total. The first-order valence-corrected chi connectivity index (χ1v) is 8.50. The normalized spacial score (nSPS) is 21.2. The molecule has 0 bridgehead atoms. The fourth-order valence-corrected chi connectivity index (χ4v) is 3.38. The number of amides is 1. The summed E-state index contributed by atoms with van der Waals surface area (Å²) in [5.41, 5.74) is 0. The molecule has 2 fully saturated rings. The molecule has 2 aliphatic rings. The van der Waals surface area contributed by atoms with Gasteiger partial charge in [-0.25, -0.2) is 0 Å². The molecule has 2 heterocycles. The Balaban J connectivity index is 1.74. The summed E-state index contributed by atoms with van der Waals surface area (Å²) in [4.78, 5) is 17.0. The number of piperidine rings is 1. The second kappa shape index (κ2) is 8.63. The number of rotatable bonds is 7. The predicted octanol–water partition coefficient (Wildman–Crippen LogP) is 1.71. The largest absolute Gasteiger partial charge is 0.342 e. The number of nitrogens with zero attached hydrogens (tertiary/aromatic N) is 2. The van der Waals surface area contributed by atoms with Gasteiger partial charge in [0.1, 0.15) is 0 Å². The van der Waals surface area contributed by atoms with Crippen LogP contribution in [0.2, 0.25) is 0 Å². The number of carbonyl (C=O) groups is 1. The van der Waals surface area contributed by atoms with Gasteiger partial charge in [-0.15, -0.1) is 0 Å². The SMILES string of the molecule is CCCN(CC1CCNCC1)C(=O)CCN1CCCC1. The Kier molecular flexibility index (Phi) is 6.80. The Hall–Kier alpha value is -0.610. The van der Waals surface area contributed by atoms with Crippen LogP contribution in [-0.2, 0) is 4.79 Å². The molecule has 0 aromatic rings. The number of hydrogen-bond donors (Lipinski definition) is 1.